The highest BCUT2D eigenvalue weighted by Gasteiger charge is 2.20. The normalized spacial score (nSPS) is 11.6. The first-order valence-electron chi connectivity index (χ1n) is 5.69. The summed E-state index contributed by atoms with van der Waals surface area (Å²) in [5.41, 5.74) is 0.444. The first kappa shape index (κ1) is 15.5. The van der Waals surface area contributed by atoms with Gasteiger partial charge in [0.1, 0.15) is 6.29 Å². The Kier molecular flexibility index (Phi) is 5.82. The van der Waals surface area contributed by atoms with Crippen LogP contribution in [0.15, 0.2) is 16.6 Å². The van der Waals surface area contributed by atoms with Gasteiger partial charge in [-0.05, 0) is 41.9 Å². The van der Waals surface area contributed by atoms with E-state index in [0.29, 0.717) is 27.8 Å². The second-order valence-corrected chi connectivity index (χ2v) is 4.52. The summed E-state index contributed by atoms with van der Waals surface area (Å²) in [5.74, 6) is 0.261. The van der Waals surface area contributed by atoms with Gasteiger partial charge in [-0.1, -0.05) is 0 Å². The fourth-order valence-electron chi connectivity index (χ4n) is 1.41. The minimum Gasteiger partial charge on any atom is -0.493 e. The van der Waals surface area contributed by atoms with Gasteiger partial charge in [0.25, 0.3) is 0 Å². The maximum Gasteiger partial charge on any atom is 0.347 e. The minimum absolute atomic E-state index is 0.287. The van der Waals surface area contributed by atoms with Crippen LogP contribution in [0.3, 0.4) is 0 Å². The van der Waals surface area contributed by atoms with Crippen molar-refractivity contribution in [3.8, 4) is 11.5 Å². The van der Waals surface area contributed by atoms with Crippen molar-refractivity contribution in [3.63, 3.8) is 0 Å². The maximum absolute atomic E-state index is 11.5. The van der Waals surface area contributed by atoms with Gasteiger partial charge in [0.15, 0.2) is 17.6 Å². The number of rotatable bonds is 6. The molecule has 6 heteroatoms. The molecule has 1 aromatic carbocycles. The predicted molar refractivity (Wildman–Crippen MR) is 72.8 cm³/mol. The number of esters is 1. The molecule has 0 fully saturated rings. The maximum atomic E-state index is 11.5. The Labute approximate surface area is 120 Å². The van der Waals surface area contributed by atoms with Crippen molar-refractivity contribution in [3.05, 3.63) is 22.2 Å². The van der Waals surface area contributed by atoms with Crippen LogP contribution in [-0.4, -0.2) is 32.1 Å². The Morgan fingerprint density at radius 2 is 2.16 bits per heavy atom. The predicted octanol–water partition coefficient (Wildman–Crippen LogP) is 2.60. The first-order valence-corrected chi connectivity index (χ1v) is 6.48. The topological polar surface area (TPSA) is 61.8 Å². The van der Waals surface area contributed by atoms with Crippen molar-refractivity contribution in [1.82, 2.24) is 0 Å². The van der Waals surface area contributed by atoms with Gasteiger partial charge in [-0.15, -0.1) is 0 Å². The number of benzene rings is 1. The molecular formula is C13H15BrO5. The van der Waals surface area contributed by atoms with Gasteiger partial charge < -0.3 is 14.2 Å². The van der Waals surface area contributed by atoms with Crippen LogP contribution in [0, 0.1) is 0 Å². The molecule has 0 saturated heterocycles. The van der Waals surface area contributed by atoms with Crippen LogP contribution in [-0.2, 0) is 9.53 Å². The third kappa shape index (κ3) is 3.96. The van der Waals surface area contributed by atoms with E-state index in [1.165, 1.54) is 13.2 Å². The SMILES string of the molecule is CCOC(=O)[C@@H](C)Oc1c(Br)cc(C=O)cc1OC. The molecule has 0 bridgehead atoms. The average molecular weight is 331 g/mol. The summed E-state index contributed by atoms with van der Waals surface area (Å²) >= 11 is 3.28. The van der Waals surface area contributed by atoms with E-state index in [2.05, 4.69) is 15.9 Å². The summed E-state index contributed by atoms with van der Waals surface area (Å²) in [6.07, 6.45) is -0.0708. The van der Waals surface area contributed by atoms with Gasteiger partial charge in [0.2, 0.25) is 0 Å². The number of carbonyl (C=O) groups is 2. The van der Waals surface area contributed by atoms with E-state index in [9.17, 15) is 9.59 Å². The van der Waals surface area contributed by atoms with Gasteiger partial charge in [-0.25, -0.2) is 4.79 Å². The van der Waals surface area contributed by atoms with Crippen LogP contribution >= 0.6 is 15.9 Å². The first-order chi connectivity index (χ1) is 9.03. The molecule has 1 aromatic rings. The molecule has 0 saturated carbocycles. The summed E-state index contributed by atoms with van der Waals surface area (Å²) in [4.78, 5) is 22.3. The fraction of sp³-hybridized carbons (Fsp3) is 0.385. The Bertz CT molecular complexity index is 472. The standard InChI is InChI=1S/C13H15BrO5/c1-4-18-13(16)8(2)19-12-10(14)5-9(7-15)6-11(12)17-3/h5-8H,4H2,1-3H3/t8-/m1/s1. The Balaban J connectivity index is 3.00. The number of carbonyl (C=O) groups excluding carboxylic acids is 2. The molecule has 1 rings (SSSR count). The second-order valence-electron chi connectivity index (χ2n) is 3.66. The summed E-state index contributed by atoms with van der Waals surface area (Å²) in [6, 6.07) is 3.12. The van der Waals surface area contributed by atoms with Crippen molar-refractivity contribution < 1.29 is 23.8 Å². The van der Waals surface area contributed by atoms with Gasteiger partial charge >= 0.3 is 5.97 Å². The molecule has 0 aromatic heterocycles. The van der Waals surface area contributed by atoms with E-state index in [4.69, 9.17) is 14.2 Å². The second kappa shape index (κ2) is 7.13. The third-order valence-corrected chi connectivity index (χ3v) is 2.89. The van der Waals surface area contributed by atoms with Gasteiger partial charge in [0, 0.05) is 5.56 Å². The lowest BCUT2D eigenvalue weighted by Gasteiger charge is -2.17. The zero-order valence-electron chi connectivity index (χ0n) is 10.9. The lowest BCUT2D eigenvalue weighted by Crippen LogP contribution is -2.26. The molecule has 5 nitrogen and oxygen atoms in total. The summed E-state index contributed by atoms with van der Waals surface area (Å²) in [7, 11) is 1.46. The highest BCUT2D eigenvalue weighted by molar-refractivity contribution is 9.10. The number of hydrogen-bond acceptors (Lipinski definition) is 5. The molecule has 19 heavy (non-hydrogen) atoms. The van der Waals surface area contributed by atoms with Crippen LogP contribution in [0.25, 0.3) is 0 Å². The number of halogens is 1. The average Bonchev–Trinajstić information content (AvgIpc) is 2.40. The number of hydrogen-bond donors (Lipinski definition) is 0. The molecular weight excluding hydrogens is 316 g/mol. The molecule has 0 spiro atoms. The molecule has 0 amide bonds. The largest absolute Gasteiger partial charge is 0.493 e. The molecule has 0 aliphatic carbocycles. The molecule has 1 atom stereocenters. The summed E-state index contributed by atoms with van der Waals surface area (Å²) in [5, 5.41) is 0. The molecule has 0 N–H and O–H groups in total. The highest BCUT2D eigenvalue weighted by atomic mass is 79.9. The molecule has 104 valence electrons. The van der Waals surface area contributed by atoms with E-state index < -0.39 is 12.1 Å². The van der Waals surface area contributed by atoms with Gasteiger partial charge in [0.05, 0.1) is 18.2 Å². The number of ether oxygens (including phenoxy) is 3. The zero-order chi connectivity index (χ0) is 14.4. The van der Waals surface area contributed by atoms with E-state index >= 15 is 0 Å². The quantitative estimate of drug-likeness (QED) is 0.592. The lowest BCUT2D eigenvalue weighted by molar-refractivity contribution is -0.150. The Morgan fingerprint density at radius 1 is 1.47 bits per heavy atom. The van der Waals surface area contributed by atoms with Crippen molar-refractivity contribution in [2.75, 3.05) is 13.7 Å². The van der Waals surface area contributed by atoms with Crippen LogP contribution in [0.4, 0.5) is 0 Å². The highest BCUT2D eigenvalue weighted by Crippen LogP contribution is 2.37. The third-order valence-electron chi connectivity index (χ3n) is 2.30. The summed E-state index contributed by atoms with van der Waals surface area (Å²) in [6.45, 7) is 3.59. The van der Waals surface area contributed by atoms with Crippen LogP contribution in [0.1, 0.15) is 24.2 Å². The van der Waals surface area contributed by atoms with E-state index in [1.807, 2.05) is 0 Å². The molecule has 0 radical (unpaired) electrons. The molecule has 0 aliphatic heterocycles. The van der Waals surface area contributed by atoms with Gasteiger partial charge in [-0.3, -0.25) is 4.79 Å². The van der Waals surface area contributed by atoms with E-state index in [-0.39, 0.29) is 6.61 Å². The zero-order valence-corrected chi connectivity index (χ0v) is 12.5. The summed E-state index contributed by atoms with van der Waals surface area (Å²) < 4.78 is 16.1. The fourth-order valence-corrected chi connectivity index (χ4v) is 1.96. The van der Waals surface area contributed by atoms with Crippen molar-refractivity contribution in [2.24, 2.45) is 0 Å². The van der Waals surface area contributed by atoms with E-state index in [1.54, 1.807) is 19.9 Å². The van der Waals surface area contributed by atoms with Crippen molar-refractivity contribution in [2.45, 2.75) is 20.0 Å². The van der Waals surface area contributed by atoms with Crippen LogP contribution in [0.2, 0.25) is 0 Å². The molecule has 0 heterocycles. The van der Waals surface area contributed by atoms with Gasteiger partial charge in [-0.2, -0.15) is 0 Å². The monoisotopic (exact) mass is 330 g/mol. The minimum atomic E-state index is -0.771. The van der Waals surface area contributed by atoms with Crippen molar-refractivity contribution in [1.29, 1.82) is 0 Å². The van der Waals surface area contributed by atoms with Crippen LogP contribution in [0.5, 0.6) is 11.5 Å². The number of methoxy groups -OCH3 is 1. The number of aldehydes is 1. The molecule has 0 aliphatic rings. The van der Waals surface area contributed by atoms with Crippen molar-refractivity contribution >= 4 is 28.2 Å². The Morgan fingerprint density at radius 3 is 2.68 bits per heavy atom. The Hall–Kier alpha value is -1.56. The van der Waals surface area contributed by atoms with Crippen LogP contribution < -0.4 is 9.47 Å². The van der Waals surface area contributed by atoms with E-state index in [0.717, 1.165) is 0 Å². The lowest BCUT2D eigenvalue weighted by atomic mass is 10.2. The molecule has 0 unspecified atom stereocenters. The smallest absolute Gasteiger partial charge is 0.347 e.